The van der Waals surface area contributed by atoms with E-state index in [9.17, 15) is 9.59 Å². The van der Waals surface area contributed by atoms with Crippen molar-refractivity contribution in [3.8, 4) is 22.8 Å². The average molecular weight is 557 g/mol. The number of H-pyrrole nitrogens is 1. The Labute approximate surface area is 238 Å². The number of aromatic nitrogens is 5. The highest BCUT2D eigenvalue weighted by molar-refractivity contribution is 5.82. The molecule has 0 radical (unpaired) electrons. The number of fused-ring (bicyclic) bond motifs is 1. The zero-order chi connectivity index (χ0) is 29.1. The number of nitrogen functional groups attached to an aromatic ring is 1. The van der Waals surface area contributed by atoms with Crippen LogP contribution in [-0.4, -0.2) is 60.2 Å². The number of nitrogens with zero attached hydrogens (tertiary/aromatic N) is 5. The lowest BCUT2D eigenvalue weighted by molar-refractivity contribution is 0.0450. The molecule has 4 aromatic heterocycles. The number of nitrogens with one attached hydrogen (secondary N) is 2. The first-order chi connectivity index (χ1) is 19.6. The van der Waals surface area contributed by atoms with Crippen molar-refractivity contribution in [1.29, 1.82) is 0 Å². The molecule has 5 heterocycles. The van der Waals surface area contributed by atoms with E-state index in [1.807, 2.05) is 57.2 Å². The molecule has 214 valence electrons. The van der Waals surface area contributed by atoms with Gasteiger partial charge in [-0.05, 0) is 70.4 Å². The third-order valence-corrected chi connectivity index (χ3v) is 7.01. The van der Waals surface area contributed by atoms with Gasteiger partial charge in [0.05, 0.1) is 23.1 Å². The average Bonchev–Trinajstić information content (AvgIpc) is 3.29. The van der Waals surface area contributed by atoms with E-state index < -0.39 is 11.7 Å². The number of aromatic amines is 1. The Hall–Kier alpha value is -4.51. The van der Waals surface area contributed by atoms with Gasteiger partial charge in [-0.3, -0.25) is 14.3 Å². The number of ether oxygens (including phenoxy) is 1. The van der Waals surface area contributed by atoms with Crippen molar-refractivity contribution >= 4 is 23.1 Å². The molecule has 1 aliphatic heterocycles. The summed E-state index contributed by atoms with van der Waals surface area (Å²) in [5, 5.41) is 3.01. The second-order valence-corrected chi connectivity index (χ2v) is 11.2. The van der Waals surface area contributed by atoms with Crippen molar-refractivity contribution < 1.29 is 9.53 Å². The maximum Gasteiger partial charge on any atom is 0.407 e. The summed E-state index contributed by atoms with van der Waals surface area (Å²) in [5.41, 5.74) is 8.88. The van der Waals surface area contributed by atoms with Crippen molar-refractivity contribution in [2.24, 2.45) is 0 Å². The van der Waals surface area contributed by atoms with E-state index in [0.29, 0.717) is 46.2 Å². The lowest BCUT2D eigenvalue weighted by Gasteiger charge is -2.38. The fraction of sp³-hybridized carbons (Fsp3) is 0.367. The van der Waals surface area contributed by atoms with Crippen LogP contribution in [0.4, 0.5) is 10.6 Å². The zero-order valence-corrected chi connectivity index (χ0v) is 23.6. The Morgan fingerprint density at radius 1 is 1.20 bits per heavy atom. The molecule has 41 heavy (non-hydrogen) atoms. The van der Waals surface area contributed by atoms with E-state index >= 15 is 0 Å². The van der Waals surface area contributed by atoms with Crippen LogP contribution in [0.25, 0.3) is 33.9 Å². The lowest BCUT2D eigenvalue weighted by Crippen LogP contribution is -2.47. The molecule has 0 spiro atoms. The maximum absolute atomic E-state index is 12.4. The molecule has 0 saturated carbocycles. The molecule has 1 saturated heterocycles. The van der Waals surface area contributed by atoms with Crippen LogP contribution in [0.3, 0.4) is 0 Å². The first kappa shape index (κ1) is 28.0. The number of likely N-dealkylation sites (tertiary alicyclic amines) is 1. The van der Waals surface area contributed by atoms with Crippen molar-refractivity contribution in [1.82, 2.24) is 34.7 Å². The predicted octanol–water partition coefficient (Wildman–Crippen LogP) is 4.49. The van der Waals surface area contributed by atoms with E-state index in [0.717, 1.165) is 25.9 Å². The lowest BCUT2D eigenvalue weighted by atomic mass is 10.0. The molecule has 1 fully saturated rings. The Bertz CT molecular complexity index is 1610. The first-order valence-electron chi connectivity index (χ1n) is 13.8. The summed E-state index contributed by atoms with van der Waals surface area (Å²) >= 11 is 0. The molecule has 5 rings (SSSR count). The highest BCUT2D eigenvalue weighted by Gasteiger charge is 2.31. The maximum atomic E-state index is 12.4. The number of carbonyl (C=O) groups excluding carboxylic acids is 1. The van der Waals surface area contributed by atoms with Gasteiger partial charge in [0.1, 0.15) is 22.8 Å². The Balaban J connectivity index is 1.53. The predicted molar refractivity (Wildman–Crippen MR) is 159 cm³/mol. The van der Waals surface area contributed by atoms with Gasteiger partial charge in [-0.15, -0.1) is 6.58 Å². The van der Waals surface area contributed by atoms with E-state index in [-0.39, 0.29) is 17.8 Å². The third-order valence-electron chi connectivity index (χ3n) is 7.01. The van der Waals surface area contributed by atoms with Crippen molar-refractivity contribution in [3.63, 3.8) is 0 Å². The molecule has 1 amide bonds. The van der Waals surface area contributed by atoms with Crippen molar-refractivity contribution in [2.75, 3.05) is 18.8 Å². The molecule has 11 heteroatoms. The summed E-state index contributed by atoms with van der Waals surface area (Å²) in [7, 11) is 0. The van der Waals surface area contributed by atoms with Crippen molar-refractivity contribution in [3.05, 3.63) is 71.7 Å². The number of nitrogens with two attached hydrogens (primary N) is 1. The van der Waals surface area contributed by atoms with Gasteiger partial charge in [-0.1, -0.05) is 12.1 Å². The number of hydrogen-bond donors (Lipinski definition) is 3. The van der Waals surface area contributed by atoms with Crippen LogP contribution < -0.4 is 16.6 Å². The Morgan fingerprint density at radius 3 is 2.66 bits per heavy atom. The van der Waals surface area contributed by atoms with E-state index in [4.69, 9.17) is 20.4 Å². The molecule has 0 aliphatic carbocycles. The minimum atomic E-state index is -0.550. The van der Waals surface area contributed by atoms with Gasteiger partial charge in [0, 0.05) is 31.4 Å². The molecular weight excluding hydrogens is 520 g/mol. The number of imidazole rings is 1. The fourth-order valence-corrected chi connectivity index (χ4v) is 5.18. The van der Waals surface area contributed by atoms with Crippen LogP contribution in [0, 0.1) is 0 Å². The number of hydrogen-bond acceptors (Lipinski definition) is 8. The molecule has 1 unspecified atom stereocenters. The normalized spacial score (nSPS) is 15.5. The van der Waals surface area contributed by atoms with Crippen LogP contribution in [0.1, 0.15) is 46.2 Å². The molecule has 1 atom stereocenters. The Kier molecular flexibility index (Phi) is 7.89. The van der Waals surface area contributed by atoms with Gasteiger partial charge in [0.25, 0.3) is 0 Å². The minimum absolute atomic E-state index is 0.0121. The van der Waals surface area contributed by atoms with Crippen LogP contribution in [0.15, 0.2) is 66.1 Å². The van der Waals surface area contributed by atoms with Crippen LogP contribution in [0.5, 0.6) is 0 Å². The van der Waals surface area contributed by atoms with Gasteiger partial charge in [0.15, 0.2) is 5.65 Å². The smallest absolute Gasteiger partial charge is 0.407 e. The zero-order valence-electron chi connectivity index (χ0n) is 23.6. The van der Waals surface area contributed by atoms with Crippen LogP contribution in [-0.2, 0) is 4.74 Å². The Morgan fingerprint density at radius 2 is 1.98 bits per heavy atom. The highest BCUT2D eigenvalue weighted by Crippen LogP contribution is 2.35. The fourth-order valence-electron chi connectivity index (χ4n) is 5.18. The summed E-state index contributed by atoms with van der Waals surface area (Å²) in [6.07, 6.45) is 5.10. The number of piperidine rings is 1. The summed E-state index contributed by atoms with van der Waals surface area (Å²) < 4.78 is 7.55. The van der Waals surface area contributed by atoms with Gasteiger partial charge in [-0.2, -0.15) is 0 Å². The monoisotopic (exact) mass is 556 g/mol. The van der Waals surface area contributed by atoms with E-state index in [1.165, 1.54) is 6.07 Å². The minimum Gasteiger partial charge on any atom is -0.444 e. The summed E-state index contributed by atoms with van der Waals surface area (Å²) in [6.45, 7) is 11.1. The van der Waals surface area contributed by atoms with Gasteiger partial charge >= 0.3 is 6.09 Å². The second kappa shape index (κ2) is 11.5. The second-order valence-electron chi connectivity index (χ2n) is 11.2. The summed E-state index contributed by atoms with van der Waals surface area (Å²) in [6, 6.07) is 12.5. The molecule has 0 aromatic carbocycles. The standard InChI is InChI=1S/C30H36N8O3/c1-5-8-25(37-17-14-19(15-18-37)33-29(40)41-30(2,3)4)38-27(20-9-7-16-32-26(20)31)36-23-13-12-22(35-28(23)38)21-10-6-11-24(39)34-21/h5-7,9-13,16,19,25H,1,8,14-15,17-18H2,2-4H3,(H2,31,32)(H,33,40)(H,34,39). The molecular formula is C30H36N8O3. The highest BCUT2D eigenvalue weighted by atomic mass is 16.6. The van der Waals surface area contributed by atoms with Crippen molar-refractivity contribution in [2.45, 2.75) is 57.8 Å². The van der Waals surface area contributed by atoms with Gasteiger partial charge < -0.3 is 20.8 Å². The van der Waals surface area contributed by atoms with Gasteiger partial charge in [0.2, 0.25) is 5.56 Å². The number of pyridine rings is 3. The SMILES string of the molecule is C=CCC(N1CCC(NC(=O)OC(C)(C)C)CC1)n1c(-c2cccnc2N)nc2ccc(-c3cccc(=O)[nH]3)nc21. The number of carbonyl (C=O) groups is 1. The van der Waals surface area contributed by atoms with E-state index in [2.05, 4.69) is 31.3 Å². The molecule has 4 N–H and O–H groups in total. The molecule has 11 nitrogen and oxygen atoms in total. The number of anilines is 1. The summed E-state index contributed by atoms with van der Waals surface area (Å²) in [5.74, 6) is 1.02. The molecule has 1 aliphatic rings. The van der Waals surface area contributed by atoms with E-state index in [1.54, 1.807) is 12.3 Å². The quantitative estimate of drug-likeness (QED) is 0.282. The molecule has 0 bridgehead atoms. The van der Waals surface area contributed by atoms with Crippen LogP contribution >= 0.6 is 0 Å². The van der Waals surface area contributed by atoms with Gasteiger partial charge in [-0.25, -0.2) is 19.7 Å². The first-order valence-corrected chi connectivity index (χ1v) is 13.8. The molecule has 4 aromatic rings. The summed E-state index contributed by atoms with van der Waals surface area (Å²) in [4.78, 5) is 43.8. The topological polar surface area (TPSA) is 144 Å². The largest absolute Gasteiger partial charge is 0.444 e. The number of rotatable bonds is 7. The van der Waals surface area contributed by atoms with Crippen LogP contribution in [0.2, 0.25) is 0 Å². The number of alkyl carbamates (subject to hydrolysis) is 1. The number of amides is 1. The third kappa shape index (κ3) is 6.30.